The second-order valence-corrected chi connectivity index (χ2v) is 8.11. The first-order valence-corrected chi connectivity index (χ1v) is 10.7. The molecule has 5 rings (SSSR count). The van der Waals surface area contributed by atoms with E-state index in [0.29, 0.717) is 25.6 Å². The summed E-state index contributed by atoms with van der Waals surface area (Å²) in [5.41, 5.74) is 12.7. The highest BCUT2D eigenvalue weighted by Crippen LogP contribution is 2.38. The van der Waals surface area contributed by atoms with Gasteiger partial charge in [-0.05, 0) is 47.4 Å². The van der Waals surface area contributed by atoms with Crippen molar-refractivity contribution in [1.82, 2.24) is 9.88 Å². The number of pyridine rings is 1. The molecule has 1 amide bonds. The molecular formula is C25H26N4O2. The average Bonchev–Trinajstić information content (AvgIpc) is 3.27. The zero-order chi connectivity index (χ0) is 21.4. The molecule has 1 saturated heterocycles. The number of morpholine rings is 1. The minimum Gasteiger partial charge on any atom is -0.382 e. The van der Waals surface area contributed by atoms with Crippen molar-refractivity contribution in [3.63, 3.8) is 0 Å². The van der Waals surface area contributed by atoms with Crippen LogP contribution in [0.5, 0.6) is 0 Å². The van der Waals surface area contributed by atoms with Gasteiger partial charge in [0.2, 0.25) is 6.41 Å². The molecule has 1 aromatic heterocycles. The molecule has 2 N–H and O–H groups in total. The maximum absolute atomic E-state index is 11.6. The lowest BCUT2D eigenvalue weighted by atomic mass is 9.90. The second-order valence-electron chi connectivity index (χ2n) is 8.11. The number of nitrogen functional groups attached to an aromatic ring is 1. The number of aryl methyl sites for hydroxylation is 1. The Hall–Kier alpha value is -3.38. The number of amides is 1. The predicted molar refractivity (Wildman–Crippen MR) is 124 cm³/mol. The van der Waals surface area contributed by atoms with Gasteiger partial charge in [-0.25, -0.2) is 4.98 Å². The number of ether oxygens (including phenoxy) is 1. The highest BCUT2D eigenvalue weighted by Gasteiger charge is 2.24. The zero-order valence-corrected chi connectivity index (χ0v) is 17.6. The standard InChI is InChI=1S/C25H26N4O2/c1-17-4-2-5-20(22-6-3-9-29(22)16-30)24(17)18-7-8-21-19(14-18)15-23(25(26)27-21)28-10-12-31-13-11-28/h2-8,14-16,22H,9-13H2,1H3,(H2,26,27). The number of aromatic nitrogens is 1. The van der Waals surface area contributed by atoms with Gasteiger partial charge < -0.3 is 20.3 Å². The number of benzene rings is 2. The van der Waals surface area contributed by atoms with Crippen LogP contribution in [0, 0.1) is 6.92 Å². The predicted octanol–water partition coefficient (Wildman–Crippen LogP) is 3.70. The molecule has 2 aliphatic rings. The summed E-state index contributed by atoms with van der Waals surface area (Å²) in [5, 5.41) is 1.05. The van der Waals surface area contributed by atoms with Gasteiger partial charge in [-0.15, -0.1) is 0 Å². The summed E-state index contributed by atoms with van der Waals surface area (Å²) in [6.07, 6.45) is 5.08. The fraction of sp³-hybridized carbons (Fsp3) is 0.280. The first-order chi connectivity index (χ1) is 15.2. The molecule has 6 nitrogen and oxygen atoms in total. The van der Waals surface area contributed by atoms with E-state index in [1.165, 1.54) is 5.56 Å². The van der Waals surface area contributed by atoms with E-state index in [2.05, 4.69) is 59.3 Å². The zero-order valence-electron chi connectivity index (χ0n) is 17.6. The Kier molecular flexibility index (Phi) is 5.08. The molecule has 0 bridgehead atoms. The lowest BCUT2D eigenvalue weighted by Gasteiger charge is -2.29. The molecule has 31 heavy (non-hydrogen) atoms. The van der Waals surface area contributed by atoms with E-state index in [1.54, 1.807) is 0 Å². The first-order valence-electron chi connectivity index (χ1n) is 10.7. The van der Waals surface area contributed by atoms with E-state index < -0.39 is 0 Å². The van der Waals surface area contributed by atoms with Gasteiger partial charge in [0.25, 0.3) is 0 Å². The van der Waals surface area contributed by atoms with Gasteiger partial charge in [-0.2, -0.15) is 0 Å². The molecule has 6 heteroatoms. The van der Waals surface area contributed by atoms with Crippen LogP contribution in [0.2, 0.25) is 0 Å². The maximum Gasteiger partial charge on any atom is 0.210 e. The molecule has 0 spiro atoms. The third-order valence-corrected chi connectivity index (χ3v) is 6.21. The smallest absolute Gasteiger partial charge is 0.210 e. The van der Waals surface area contributed by atoms with Gasteiger partial charge >= 0.3 is 0 Å². The lowest BCUT2D eigenvalue weighted by Crippen LogP contribution is -2.36. The molecule has 2 aliphatic heterocycles. The lowest BCUT2D eigenvalue weighted by molar-refractivity contribution is -0.118. The van der Waals surface area contributed by atoms with Crippen LogP contribution in [0.1, 0.15) is 17.2 Å². The fourth-order valence-corrected chi connectivity index (χ4v) is 4.65. The van der Waals surface area contributed by atoms with E-state index in [1.807, 2.05) is 17.0 Å². The van der Waals surface area contributed by atoms with E-state index in [0.717, 1.165) is 52.8 Å². The molecule has 1 fully saturated rings. The normalized spacial score (nSPS) is 18.7. The number of fused-ring (bicyclic) bond motifs is 1. The number of anilines is 2. The van der Waals surface area contributed by atoms with Gasteiger partial charge in [-0.3, -0.25) is 4.79 Å². The molecule has 0 saturated carbocycles. The third-order valence-electron chi connectivity index (χ3n) is 6.21. The number of nitrogens with zero attached hydrogens (tertiary/aromatic N) is 3. The molecule has 0 radical (unpaired) electrons. The largest absolute Gasteiger partial charge is 0.382 e. The fourth-order valence-electron chi connectivity index (χ4n) is 4.65. The van der Waals surface area contributed by atoms with Crippen molar-refractivity contribution in [2.24, 2.45) is 0 Å². The van der Waals surface area contributed by atoms with Gasteiger partial charge in [0.15, 0.2) is 0 Å². The quantitative estimate of drug-likeness (QED) is 0.521. The van der Waals surface area contributed by atoms with Crippen molar-refractivity contribution in [1.29, 1.82) is 0 Å². The van der Waals surface area contributed by atoms with Gasteiger partial charge in [-0.1, -0.05) is 36.4 Å². The Morgan fingerprint density at radius 3 is 2.81 bits per heavy atom. The van der Waals surface area contributed by atoms with Crippen LogP contribution in [0.15, 0.2) is 54.6 Å². The summed E-state index contributed by atoms with van der Waals surface area (Å²) in [6.45, 7) is 5.79. The highest BCUT2D eigenvalue weighted by molar-refractivity contribution is 5.91. The van der Waals surface area contributed by atoms with E-state index in [9.17, 15) is 4.79 Å². The van der Waals surface area contributed by atoms with Crippen LogP contribution in [-0.2, 0) is 9.53 Å². The molecular weight excluding hydrogens is 388 g/mol. The molecule has 3 aromatic rings. The van der Waals surface area contributed by atoms with Crippen molar-refractivity contribution in [2.45, 2.75) is 13.0 Å². The number of hydrogen-bond acceptors (Lipinski definition) is 5. The monoisotopic (exact) mass is 414 g/mol. The summed E-state index contributed by atoms with van der Waals surface area (Å²) in [4.78, 5) is 20.3. The first kappa shape index (κ1) is 19.6. The van der Waals surface area contributed by atoms with Crippen LogP contribution in [0.3, 0.4) is 0 Å². The van der Waals surface area contributed by atoms with Crippen molar-refractivity contribution >= 4 is 28.8 Å². The van der Waals surface area contributed by atoms with Crippen LogP contribution in [0.25, 0.3) is 22.0 Å². The molecule has 1 unspecified atom stereocenters. The van der Waals surface area contributed by atoms with Crippen molar-refractivity contribution < 1.29 is 9.53 Å². The van der Waals surface area contributed by atoms with Crippen molar-refractivity contribution in [3.8, 4) is 11.1 Å². The summed E-state index contributed by atoms with van der Waals surface area (Å²) < 4.78 is 5.48. The number of rotatable bonds is 4. The van der Waals surface area contributed by atoms with Crippen LogP contribution in [0.4, 0.5) is 11.5 Å². The highest BCUT2D eigenvalue weighted by atomic mass is 16.5. The minimum absolute atomic E-state index is 0.0449. The van der Waals surface area contributed by atoms with Crippen LogP contribution >= 0.6 is 0 Å². The summed E-state index contributed by atoms with van der Waals surface area (Å²) >= 11 is 0. The Morgan fingerprint density at radius 2 is 2.00 bits per heavy atom. The molecule has 3 heterocycles. The van der Waals surface area contributed by atoms with Crippen LogP contribution in [-0.4, -0.2) is 49.1 Å². The Morgan fingerprint density at radius 1 is 1.16 bits per heavy atom. The number of nitrogens with two attached hydrogens (primary N) is 1. The van der Waals surface area contributed by atoms with Gasteiger partial charge in [0.1, 0.15) is 5.82 Å². The van der Waals surface area contributed by atoms with E-state index in [-0.39, 0.29) is 6.04 Å². The number of carbonyl (C=O) groups is 1. The topological polar surface area (TPSA) is 71.7 Å². The third kappa shape index (κ3) is 3.53. The number of hydrogen-bond donors (Lipinski definition) is 1. The van der Waals surface area contributed by atoms with E-state index in [4.69, 9.17) is 10.5 Å². The van der Waals surface area contributed by atoms with Crippen molar-refractivity contribution in [3.05, 3.63) is 65.7 Å². The second kappa shape index (κ2) is 8.04. The SMILES string of the molecule is Cc1cccc(C2C=CCN2C=O)c1-c1ccc2nc(N)c(N3CCOCC3)cc2c1. The molecule has 158 valence electrons. The average molecular weight is 415 g/mol. The molecule has 2 aromatic carbocycles. The van der Waals surface area contributed by atoms with Crippen LogP contribution < -0.4 is 10.6 Å². The molecule has 0 aliphatic carbocycles. The minimum atomic E-state index is -0.0449. The van der Waals surface area contributed by atoms with Gasteiger partial charge in [0.05, 0.1) is 30.5 Å². The molecule has 1 atom stereocenters. The summed E-state index contributed by atoms with van der Waals surface area (Å²) in [7, 11) is 0. The van der Waals surface area contributed by atoms with Gasteiger partial charge in [0, 0.05) is 25.0 Å². The Labute approximate surface area is 181 Å². The maximum atomic E-state index is 11.6. The summed E-state index contributed by atoms with van der Waals surface area (Å²) in [6, 6.07) is 14.7. The van der Waals surface area contributed by atoms with Crippen molar-refractivity contribution in [2.75, 3.05) is 43.5 Å². The Bertz CT molecular complexity index is 1170. The summed E-state index contributed by atoms with van der Waals surface area (Å²) in [5.74, 6) is 0.552. The Balaban J connectivity index is 1.62. The number of carbonyl (C=O) groups excluding carboxylic acids is 1. The van der Waals surface area contributed by atoms with E-state index >= 15 is 0 Å².